The summed E-state index contributed by atoms with van der Waals surface area (Å²) in [6.45, 7) is 5.30. The van der Waals surface area contributed by atoms with E-state index in [1.165, 1.54) is 0 Å². The van der Waals surface area contributed by atoms with Crippen LogP contribution in [0.2, 0.25) is 0 Å². The number of nitrogens with zero attached hydrogens (tertiary/aromatic N) is 2. The first-order valence-electron chi connectivity index (χ1n) is 14.8. The van der Waals surface area contributed by atoms with Crippen LogP contribution < -0.4 is 19.7 Å². The number of amides is 2. The number of morpholine rings is 1. The maximum atomic E-state index is 14.3. The van der Waals surface area contributed by atoms with Gasteiger partial charge in [0.05, 0.1) is 33.9 Å². The summed E-state index contributed by atoms with van der Waals surface area (Å²) in [5.74, 6) is 0.512. The zero-order valence-corrected chi connectivity index (χ0v) is 25.5. The molecule has 4 aromatic carbocycles. The Labute approximate surface area is 259 Å². The quantitative estimate of drug-likeness (QED) is 0.237. The zero-order valence-electron chi connectivity index (χ0n) is 25.5. The number of methoxy groups -OCH3 is 2. The number of ether oxygens (including phenoxy) is 3. The number of anilines is 2. The lowest BCUT2D eigenvalue weighted by Crippen LogP contribution is -2.41. The Hall–Kier alpha value is -4.82. The van der Waals surface area contributed by atoms with Gasteiger partial charge in [-0.1, -0.05) is 66.2 Å². The first-order valence-corrected chi connectivity index (χ1v) is 14.8. The molecule has 1 heterocycles. The van der Waals surface area contributed by atoms with E-state index < -0.39 is 6.04 Å². The fourth-order valence-electron chi connectivity index (χ4n) is 5.37. The van der Waals surface area contributed by atoms with Crippen molar-refractivity contribution in [2.24, 2.45) is 0 Å². The molecule has 0 bridgehead atoms. The smallest absolute Gasteiger partial charge is 0.251 e. The van der Waals surface area contributed by atoms with Gasteiger partial charge < -0.3 is 29.3 Å². The van der Waals surface area contributed by atoms with Crippen LogP contribution in [0.15, 0.2) is 97.1 Å². The highest BCUT2D eigenvalue weighted by Gasteiger charge is 2.32. The Bertz CT molecular complexity index is 1530. The van der Waals surface area contributed by atoms with E-state index in [-0.39, 0.29) is 24.8 Å². The predicted octanol–water partition coefficient (Wildman–Crippen LogP) is 5.80. The summed E-state index contributed by atoms with van der Waals surface area (Å²) in [6.07, 6.45) is 0.151. The topological polar surface area (TPSA) is 80.3 Å². The van der Waals surface area contributed by atoms with Crippen molar-refractivity contribution in [3.8, 4) is 11.5 Å². The Morgan fingerprint density at radius 1 is 0.841 bits per heavy atom. The Morgan fingerprint density at radius 3 is 2.18 bits per heavy atom. The molecule has 0 spiro atoms. The molecule has 0 saturated carbocycles. The van der Waals surface area contributed by atoms with Gasteiger partial charge in [-0.3, -0.25) is 9.59 Å². The van der Waals surface area contributed by atoms with Gasteiger partial charge in [0.15, 0.2) is 11.5 Å². The van der Waals surface area contributed by atoms with Gasteiger partial charge >= 0.3 is 0 Å². The number of nitrogens with one attached hydrogen (secondary N) is 1. The molecular formula is C36H39N3O5. The third-order valence-electron chi connectivity index (χ3n) is 7.79. The van der Waals surface area contributed by atoms with Gasteiger partial charge in [0.1, 0.15) is 6.04 Å². The molecule has 8 nitrogen and oxygen atoms in total. The lowest BCUT2D eigenvalue weighted by molar-refractivity contribution is -0.139. The predicted molar refractivity (Wildman–Crippen MR) is 172 cm³/mol. The second kappa shape index (κ2) is 14.6. The van der Waals surface area contributed by atoms with Gasteiger partial charge in [0, 0.05) is 31.0 Å². The number of rotatable bonds is 11. The van der Waals surface area contributed by atoms with Crippen molar-refractivity contribution in [1.82, 2.24) is 4.90 Å². The summed E-state index contributed by atoms with van der Waals surface area (Å²) in [7, 11) is 3.12. The summed E-state index contributed by atoms with van der Waals surface area (Å²) in [4.78, 5) is 32.3. The van der Waals surface area contributed by atoms with E-state index in [4.69, 9.17) is 14.2 Å². The van der Waals surface area contributed by atoms with Gasteiger partial charge in [-0.15, -0.1) is 0 Å². The molecule has 1 saturated heterocycles. The maximum absolute atomic E-state index is 14.3. The molecule has 1 aliphatic heterocycles. The Balaban J connectivity index is 1.51. The highest BCUT2D eigenvalue weighted by atomic mass is 16.5. The molecule has 0 aliphatic carbocycles. The van der Waals surface area contributed by atoms with Crippen LogP contribution in [0.4, 0.5) is 11.4 Å². The van der Waals surface area contributed by atoms with Crippen molar-refractivity contribution in [2.45, 2.75) is 25.9 Å². The van der Waals surface area contributed by atoms with Crippen LogP contribution in [0.3, 0.4) is 0 Å². The largest absolute Gasteiger partial charge is 0.493 e. The molecule has 228 valence electrons. The molecule has 2 amide bonds. The minimum Gasteiger partial charge on any atom is -0.493 e. The van der Waals surface area contributed by atoms with E-state index in [1.807, 2.05) is 91.9 Å². The van der Waals surface area contributed by atoms with Gasteiger partial charge in [-0.2, -0.15) is 0 Å². The van der Waals surface area contributed by atoms with Gasteiger partial charge in [0.2, 0.25) is 5.91 Å². The fourth-order valence-corrected chi connectivity index (χ4v) is 5.37. The number of benzene rings is 4. The molecule has 1 N–H and O–H groups in total. The van der Waals surface area contributed by atoms with E-state index in [0.29, 0.717) is 36.0 Å². The summed E-state index contributed by atoms with van der Waals surface area (Å²) in [6, 6.07) is 29.7. The normalized spacial score (nSPS) is 13.6. The average molecular weight is 594 g/mol. The molecule has 44 heavy (non-hydrogen) atoms. The van der Waals surface area contributed by atoms with Crippen LogP contribution in [0, 0.1) is 6.92 Å². The monoisotopic (exact) mass is 593 g/mol. The van der Waals surface area contributed by atoms with Gasteiger partial charge in [-0.05, 0) is 60.0 Å². The first kappa shape index (κ1) is 30.6. The van der Waals surface area contributed by atoms with Crippen LogP contribution in [0.5, 0.6) is 11.5 Å². The van der Waals surface area contributed by atoms with Crippen molar-refractivity contribution in [3.63, 3.8) is 0 Å². The van der Waals surface area contributed by atoms with Crippen molar-refractivity contribution < 1.29 is 23.8 Å². The van der Waals surface area contributed by atoms with Crippen molar-refractivity contribution in [1.29, 1.82) is 0 Å². The second-order valence-corrected chi connectivity index (χ2v) is 10.8. The number of hydrogen-bond donors (Lipinski definition) is 1. The fraction of sp³-hybridized carbons (Fsp3) is 0.278. The zero-order chi connectivity index (χ0) is 30.9. The van der Waals surface area contributed by atoms with Crippen LogP contribution in [0.1, 0.15) is 28.3 Å². The number of carbonyl (C=O) groups excluding carboxylic acids is 2. The number of hydrogen-bond acceptors (Lipinski definition) is 6. The molecule has 1 unspecified atom stereocenters. The van der Waals surface area contributed by atoms with Crippen LogP contribution in [0.25, 0.3) is 0 Å². The Morgan fingerprint density at radius 2 is 1.52 bits per heavy atom. The highest BCUT2D eigenvalue weighted by molar-refractivity contribution is 5.98. The summed E-state index contributed by atoms with van der Waals surface area (Å²) < 4.78 is 16.5. The standard InChI is InChI=1S/C36H39N3O5/c1-26-9-11-28(12-10-26)25-39(34(40)23-27-7-5-4-6-8-27)35(29-13-18-32(42-2)33(24-29)43-3)36(41)37-30-14-16-31(17-15-30)38-19-21-44-22-20-38/h4-18,24,35H,19-23,25H2,1-3H3,(H,37,41). The third-order valence-corrected chi connectivity index (χ3v) is 7.79. The van der Waals surface area contributed by atoms with E-state index in [9.17, 15) is 9.59 Å². The summed E-state index contributed by atoms with van der Waals surface area (Å²) in [5, 5.41) is 3.08. The average Bonchev–Trinajstić information content (AvgIpc) is 3.06. The third kappa shape index (κ3) is 7.57. The van der Waals surface area contributed by atoms with E-state index in [1.54, 1.807) is 31.3 Å². The lowest BCUT2D eigenvalue weighted by Gasteiger charge is -2.32. The highest BCUT2D eigenvalue weighted by Crippen LogP contribution is 2.34. The Kier molecular flexibility index (Phi) is 10.1. The molecule has 5 rings (SSSR count). The lowest BCUT2D eigenvalue weighted by atomic mass is 10.0. The first-order chi connectivity index (χ1) is 21.4. The van der Waals surface area contributed by atoms with Crippen LogP contribution in [-0.4, -0.2) is 57.2 Å². The molecule has 1 atom stereocenters. The van der Waals surface area contributed by atoms with Gasteiger partial charge in [0.25, 0.3) is 5.91 Å². The minimum absolute atomic E-state index is 0.151. The van der Waals surface area contributed by atoms with Crippen molar-refractivity contribution in [2.75, 3.05) is 50.7 Å². The maximum Gasteiger partial charge on any atom is 0.251 e. The van der Waals surface area contributed by atoms with E-state index in [2.05, 4.69) is 10.2 Å². The van der Waals surface area contributed by atoms with Crippen molar-refractivity contribution in [3.05, 3.63) is 119 Å². The number of aryl methyl sites for hydroxylation is 1. The number of carbonyl (C=O) groups is 2. The molecule has 4 aromatic rings. The van der Waals surface area contributed by atoms with Crippen LogP contribution in [-0.2, 0) is 27.3 Å². The molecular weight excluding hydrogens is 554 g/mol. The summed E-state index contributed by atoms with van der Waals surface area (Å²) in [5.41, 5.74) is 5.23. The SMILES string of the molecule is COc1ccc(C(C(=O)Nc2ccc(N3CCOCC3)cc2)N(Cc2ccc(C)cc2)C(=O)Cc2ccccc2)cc1OC. The molecule has 8 heteroatoms. The van der Waals surface area contributed by atoms with E-state index >= 15 is 0 Å². The van der Waals surface area contributed by atoms with Crippen LogP contribution >= 0.6 is 0 Å². The molecule has 1 fully saturated rings. The summed E-state index contributed by atoms with van der Waals surface area (Å²) >= 11 is 0. The minimum atomic E-state index is -0.953. The molecule has 0 aromatic heterocycles. The van der Waals surface area contributed by atoms with Gasteiger partial charge in [-0.25, -0.2) is 0 Å². The van der Waals surface area contributed by atoms with E-state index in [0.717, 1.165) is 35.5 Å². The molecule has 0 radical (unpaired) electrons. The second-order valence-electron chi connectivity index (χ2n) is 10.8. The molecule has 1 aliphatic rings. The van der Waals surface area contributed by atoms with Crippen molar-refractivity contribution >= 4 is 23.2 Å².